The van der Waals surface area contributed by atoms with Gasteiger partial charge in [-0.15, -0.1) is 32.8 Å². The van der Waals surface area contributed by atoms with Crippen LogP contribution in [0.1, 0.15) is 0 Å². The van der Waals surface area contributed by atoms with E-state index in [1.807, 2.05) is 24.3 Å². The quantitative estimate of drug-likeness (QED) is 0.187. The first-order valence-electron chi connectivity index (χ1n) is 18.5. The van der Waals surface area contributed by atoms with E-state index in [0.717, 1.165) is 21.9 Å². The van der Waals surface area contributed by atoms with E-state index < -0.39 is 0 Å². The highest BCUT2D eigenvalue weighted by Gasteiger charge is 2.23. The molecule has 0 fully saturated rings. The summed E-state index contributed by atoms with van der Waals surface area (Å²) in [6.45, 7) is 0. The number of para-hydroxylation sites is 1. The molecule has 20 radical (unpaired) electrons. The van der Waals surface area contributed by atoms with Gasteiger partial charge in [0.1, 0.15) is 89.6 Å². The Labute approximate surface area is 353 Å². The van der Waals surface area contributed by atoms with Crippen molar-refractivity contribution in [2.75, 3.05) is 0 Å². The number of fused-ring (bicyclic) bond motifs is 9. The van der Waals surface area contributed by atoms with E-state index in [1.165, 1.54) is 32.3 Å². The molecule has 2 aromatic heterocycles. The molecule has 0 aliphatic rings. The zero-order valence-corrected chi connectivity index (χ0v) is 31.3. The molecule has 59 heavy (non-hydrogen) atoms. The van der Waals surface area contributed by atoms with Crippen LogP contribution in [0.15, 0.2) is 108 Å². The predicted octanol–water partition coefficient (Wildman–Crippen LogP) is -0.163. The van der Waals surface area contributed by atoms with Gasteiger partial charge in [0, 0.05) is 21.9 Å². The van der Waals surface area contributed by atoms with E-state index >= 15 is 0 Å². The van der Waals surface area contributed by atoms with Gasteiger partial charge in [-0.3, -0.25) is 0 Å². The highest BCUT2D eigenvalue weighted by Crippen LogP contribution is 2.40. The summed E-state index contributed by atoms with van der Waals surface area (Å²) in [7, 11) is 63.4. The molecule has 4 nitrogen and oxygen atoms in total. The van der Waals surface area contributed by atoms with Crippen LogP contribution in [-0.2, 0) is 0 Å². The predicted molar refractivity (Wildman–Crippen MR) is 255 cm³/mol. The Morgan fingerprint density at radius 3 is 1.22 bits per heavy atom. The number of hydrogen-bond donors (Lipinski definition) is 0. The number of hydrogen-bond acceptors (Lipinski definition) is 4. The summed E-state index contributed by atoms with van der Waals surface area (Å²) in [5.74, 6) is 0.153. The third-order valence-electron chi connectivity index (χ3n) is 11.3. The van der Waals surface area contributed by atoms with Crippen molar-refractivity contribution < 1.29 is 4.42 Å². The van der Waals surface area contributed by atoms with Crippen molar-refractivity contribution in [3.63, 3.8) is 0 Å². The first-order chi connectivity index (χ1) is 28.4. The van der Waals surface area contributed by atoms with Gasteiger partial charge in [-0.05, 0) is 67.7 Å². The summed E-state index contributed by atoms with van der Waals surface area (Å²) >= 11 is 0. The molecule has 0 saturated carbocycles. The van der Waals surface area contributed by atoms with Crippen LogP contribution in [0.4, 0.5) is 0 Å². The fourth-order valence-corrected chi connectivity index (χ4v) is 8.14. The fraction of sp³-hybridized carbons (Fsp3) is 0. The summed E-state index contributed by atoms with van der Waals surface area (Å²) in [5, 5.41) is 8.92. The minimum Gasteiger partial charge on any atom is -0.455 e. The molecule has 0 unspecified atom stereocenters. The molecule has 14 heteroatoms. The number of nitrogens with zero attached hydrogens (tertiary/aromatic N) is 3. The van der Waals surface area contributed by atoms with Crippen molar-refractivity contribution in [2.45, 2.75) is 0 Å². The summed E-state index contributed by atoms with van der Waals surface area (Å²) in [4.78, 5) is 14.4. The van der Waals surface area contributed by atoms with Crippen LogP contribution >= 0.6 is 0 Å². The van der Waals surface area contributed by atoms with Gasteiger partial charge in [-0.2, -0.15) is 0 Å². The van der Waals surface area contributed by atoms with Gasteiger partial charge in [-0.25, -0.2) is 15.0 Å². The van der Waals surface area contributed by atoms with Crippen molar-refractivity contribution in [1.29, 1.82) is 0 Å². The van der Waals surface area contributed by atoms with Crippen molar-refractivity contribution >= 4 is 187 Å². The van der Waals surface area contributed by atoms with Crippen LogP contribution in [0.5, 0.6) is 0 Å². The first kappa shape index (κ1) is 37.3. The van der Waals surface area contributed by atoms with Crippen molar-refractivity contribution in [3.8, 4) is 45.3 Å². The minimum atomic E-state index is -0.00169. The second-order valence-corrected chi connectivity index (χ2v) is 14.5. The molecule has 0 saturated heterocycles. The van der Waals surface area contributed by atoms with Crippen LogP contribution in [0.25, 0.3) is 99.5 Å². The zero-order valence-electron chi connectivity index (χ0n) is 31.3. The van der Waals surface area contributed by atoms with E-state index in [9.17, 15) is 0 Å². The van der Waals surface area contributed by atoms with Crippen LogP contribution in [0, 0.1) is 0 Å². The summed E-state index contributed by atoms with van der Waals surface area (Å²) in [6, 6.07) is 35.5. The Morgan fingerprint density at radius 1 is 0.322 bits per heavy atom. The van der Waals surface area contributed by atoms with Gasteiger partial charge < -0.3 is 4.42 Å². The standard InChI is InChI=1S/C45H17B10N3O/c46-32-30(33(47)37(51)40(54)36(32)50)44-56-43(57-45(58-44)31-34(48)38(52)41(55)39(53)35(31)49)26-11-5-10-25-28-17-19(13-15-29(28)59-42(25)26)18-12-14-24-22-8-2-1-6-20(22)21-7-3-4-9-23(21)27(24)16-18/h1-17H. The lowest BCUT2D eigenvalue weighted by molar-refractivity contribution is 0.669. The van der Waals surface area contributed by atoms with Crippen LogP contribution in [0.3, 0.4) is 0 Å². The summed E-state index contributed by atoms with van der Waals surface area (Å²) in [6.07, 6.45) is 0. The molecule has 2 heterocycles. The Kier molecular flexibility index (Phi) is 8.72. The molecule has 248 valence electrons. The number of benzene rings is 8. The maximum Gasteiger partial charge on any atom is 0.167 e. The molecule has 0 atom stereocenters. The van der Waals surface area contributed by atoms with Gasteiger partial charge in [0.25, 0.3) is 0 Å². The Hall–Kier alpha value is -6.00. The monoisotopic (exact) mass is 725 g/mol. The highest BCUT2D eigenvalue weighted by atomic mass is 16.3. The minimum absolute atomic E-state index is 0.00169. The Balaban J connectivity index is 1.19. The van der Waals surface area contributed by atoms with E-state index in [2.05, 4.69) is 78.9 Å². The molecule has 10 aromatic rings. The third-order valence-corrected chi connectivity index (χ3v) is 11.3. The molecule has 0 amide bonds. The van der Waals surface area contributed by atoms with E-state index in [4.69, 9.17) is 97.8 Å². The SMILES string of the molecule is [B]c1c([B])c([B])c(-c2nc(-c3c([B])c([B])c([B])c([B])c3[B])nc(-c3cccc4c3oc3ccc(-c5ccc6c7ccccc7c7ccccc7c6c5)cc34)n2)c([B])c1[B]. The fourth-order valence-electron chi connectivity index (χ4n) is 8.14. The average molecular weight is 724 g/mol. The molecule has 10 rings (SSSR count). The van der Waals surface area contributed by atoms with E-state index in [1.54, 1.807) is 0 Å². The Morgan fingerprint density at radius 2 is 0.712 bits per heavy atom. The first-order valence-corrected chi connectivity index (χ1v) is 18.5. The highest BCUT2D eigenvalue weighted by molar-refractivity contribution is 6.70. The molecule has 0 aliphatic heterocycles. The number of rotatable bonds is 4. The van der Waals surface area contributed by atoms with Gasteiger partial charge in [-0.1, -0.05) is 101 Å². The van der Waals surface area contributed by atoms with Gasteiger partial charge in [0.2, 0.25) is 0 Å². The van der Waals surface area contributed by atoms with Crippen LogP contribution < -0.4 is 54.6 Å². The van der Waals surface area contributed by atoms with Crippen molar-refractivity contribution in [3.05, 3.63) is 103 Å². The van der Waals surface area contributed by atoms with Gasteiger partial charge >= 0.3 is 0 Å². The topological polar surface area (TPSA) is 51.8 Å². The molecule has 0 aliphatic carbocycles. The molecule has 0 N–H and O–H groups in total. The second kappa shape index (κ2) is 13.8. The smallest absolute Gasteiger partial charge is 0.167 e. The van der Waals surface area contributed by atoms with Crippen molar-refractivity contribution in [1.82, 2.24) is 15.0 Å². The maximum absolute atomic E-state index is 6.59. The largest absolute Gasteiger partial charge is 0.455 e. The van der Waals surface area contributed by atoms with Gasteiger partial charge in [0.05, 0.1) is 5.56 Å². The molecule has 0 bridgehead atoms. The number of furan rings is 1. The molecule has 0 spiro atoms. The second-order valence-electron chi connectivity index (χ2n) is 14.5. The summed E-state index contributed by atoms with van der Waals surface area (Å²) < 4.78 is 6.59. The van der Waals surface area contributed by atoms with E-state index in [-0.39, 0.29) is 83.2 Å². The zero-order chi connectivity index (χ0) is 41.0. The lowest BCUT2D eigenvalue weighted by Gasteiger charge is -2.22. The average Bonchev–Trinajstić information content (AvgIpc) is 3.64. The summed E-state index contributed by atoms with van der Waals surface area (Å²) in [5.41, 5.74) is 4.17. The third kappa shape index (κ3) is 5.63. The maximum atomic E-state index is 6.59. The lowest BCUT2D eigenvalue weighted by atomic mass is 9.60. The molecular formula is C45H17B10N3O. The molecular weight excluding hydrogens is 707 g/mol. The molecule has 8 aromatic carbocycles. The van der Waals surface area contributed by atoms with Crippen LogP contribution in [-0.4, -0.2) is 93.4 Å². The number of aromatic nitrogens is 3. The van der Waals surface area contributed by atoms with Crippen molar-refractivity contribution in [2.24, 2.45) is 0 Å². The van der Waals surface area contributed by atoms with Gasteiger partial charge in [0.15, 0.2) is 17.5 Å². The van der Waals surface area contributed by atoms with Crippen LogP contribution in [0.2, 0.25) is 0 Å². The van der Waals surface area contributed by atoms with E-state index in [0.29, 0.717) is 16.7 Å². The normalized spacial score (nSPS) is 11.7. The lowest BCUT2D eigenvalue weighted by Crippen LogP contribution is -2.55. The Bertz CT molecular complexity index is 3300.